The lowest BCUT2D eigenvalue weighted by Gasteiger charge is -2.16. The summed E-state index contributed by atoms with van der Waals surface area (Å²) in [5.41, 5.74) is 0.792. The van der Waals surface area contributed by atoms with E-state index < -0.39 is 35.4 Å². The van der Waals surface area contributed by atoms with E-state index in [4.69, 9.17) is 0 Å². The third-order valence-corrected chi connectivity index (χ3v) is 4.62. The van der Waals surface area contributed by atoms with Crippen LogP contribution in [0, 0.1) is 11.8 Å². The second-order valence-electron chi connectivity index (χ2n) is 7.02. The van der Waals surface area contributed by atoms with Gasteiger partial charge in [-0.25, -0.2) is 18.9 Å². The fourth-order valence-electron chi connectivity index (χ4n) is 3.11. The average Bonchev–Trinajstić information content (AvgIpc) is 3.19. The molecular weight excluding hydrogens is 434 g/mol. The van der Waals surface area contributed by atoms with E-state index in [-0.39, 0.29) is 17.1 Å². The number of anilines is 1. The molecule has 0 fully saturated rings. The lowest BCUT2D eigenvalue weighted by atomic mass is 10.0. The molecule has 3 heterocycles. The van der Waals surface area contributed by atoms with E-state index in [9.17, 15) is 23.2 Å². The molecule has 1 atom stereocenters. The number of hydrogen-bond acceptors (Lipinski definition) is 6. The second kappa shape index (κ2) is 8.91. The van der Waals surface area contributed by atoms with Crippen LogP contribution in [-0.4, -0.2) is 37.2 Å². The molecule has 4 rings (SSSR count). The predicted octanol–water partition coefficient (Wildman–Crippen LogP) is 2.71. The molecular formula is C22H16F2N6O3. The van der Waals surface area contributed by atoms with Crippen LogP contribution >= 0.6 is 0 Å². The Morgan fingerprint density at radius 2 is 1.79 bits per heavy atom. The molecule has 11 heteroatoms. The molecule has 3 aromatic heterocycles. The SMILES string of the molecule is CC(=O)NC(C(=O)c1ccc2nc(NC(=O)c3ccnc(F)c3)cn2n1)c1ccc(F)cc1. The molecule has 2 amide bonds. The molecule has 0 radical (unpaired) electrons. The first-order valence-electron chi connectivity index (χ1n) is 9.66. The van der Waals surface area contributed by atoms with Gasteiger partial charge in [-0.05, 0) is 35.9 Å². The maximum atomic E-state index is 13.3. The van der Waals surface area contributed by atoms with Crippen molar-refractivity contribution in [3.63, 3.8) is 0 Å². The fourth-order valence-corrected chi connectivity index (χ4v) is 3.11. The molecule has 0 spiro atoms. The molecule has 4 aromatic rings. The Hall–Kier alpha value is -4.54. The molecule has 0 aliphatic rings. The lowest BCUT2D eigenvalue weighted by molar-refractivity contribution is -0.119. The Labute approximate surface area is 185 Å². The number of halogens is 2. The third-order valence-electron chi connectivity index (χ3n) is 4.62. The van der Waals surface area contributed by atoms with Crippen molar-refractivity contribution < 1.29 is 23.2 Å². The minimum Gasteiger partial charge on any atom is -0.342 e. The number of imidazole rings is 1. The number of Topliss-reactive ketones (excluding diaryl/α,β-unsaturated/α-hetero) is 1. The highest BCUT2D eigenvalue weighted by molar-refractivity contribution is 6.04. The van der Waals surface area contributed by atoms with Crippen molar-refractivity contribution in [2.24, 2.45) is 0 Å². The van der Waals surface area contributed by atoms with Gasteiger partial charge in [0.2, 0.25) is 17.6 Å². The van der Waals surface area contributed by atoms with Crippen molar-refractivity contribution in [3.8, 4) is 0 Å². The molecule has 0 bridgehead atoms. The van der Waals surface area contributed by atoms with Crippen molar-refractivity contribution in [1.29, 1.82) is 0 Å². The summed E-state index contributed by atoms with van der Waals surface area (Å²) in [5.74, 6) is -2.71. The summed E-state index contributed by atoms with van der Waals surface area (Å²) in [4.78, 5) is 44.6. The van der Waals surface area contributed by atoms with Gasteiger partial charge in [-0.3, -0.25) is 14.4 Å². The minimum atomic E-state index is -1.07. The summed E-state index contributed by atoms with van der Waals surface area (Å²) in [5, 5.41) is 9.29. The first-order valence-corrected chi connectivity index (χ1v) is 9.66. The van der Waals surface area contributed by atoms with E-state index >= 15 is 0 Å². The molecule has 33 heavy (non-hydrogen) atoms. The number of nitrogens with zero attached hydrogens (tertiary/aromatic N) is 4. The normalized spacial score (nSPS) is 11.7. The fraction of sp³-hybridized carbons (Fsp3) is 0.0909. The maximum absolute atomic E-state index is 13.3. The summed E-state index contributed by atoms with van der Waals surface area (Å²) < 4.78 is 27.8. The first-order chi connectivity index (χ1) is 15.8. The second-order valence-corrected chi connectivity index (χ2v) is 7.02. The van der Waals surface area contributed by atoms with Crippen molar-refractivity contribution >= 4 is 29.1 Å². The number of hydrogen-bond donors (Lipinski definition) is 2. The number of carbonyl (C=O) groups excluding carboxylic acids is 3. The van der Waals surface area contributed by atoms with Crippen LogP contribution in [0.15, 0.2) is 60.9 Å². The minimum absolute atomic E-state index is 0.0112. The monoisotopic (exact) mass is 450 g/mol. The van der Waals surface area contributed by atoms with Crippen LogP contribution in [0.25, 0.3) is 5.65 Å². The number of carbonyl (C=O) groups is 3. The lowest BCUT2D eigenvalue weighted by Crippen LogP contribution is -2.32. The zero-order valence-electron chi connectivity index (χ0n) is 17.1. The summed E-state index contributed by atoms with van der Waals surface area (Å²) in [6, 6.07) is 9.37. The average molecular weight is 450 g/mol. The number of amides is 2. The Balaban J connectivity index is 1.60. The van der Waals surface area contributed by atoms with Gasteiger partial charge >= 0.3 is 0 Å². The number of nitrogens with one attached hydrogen (secondary N) is 2. The zero-order valence-corrected chi connectivity index (χ0v) is 17.1. The highest BCUT2D eigenvalue weighted by atomic mass is 19.1. The van der Waals surface area contributed by atoms with Crippen LogP contribution in [0.3, 0.4) is 0 Å². The van der Waals surface area contributed by atoms with Gasteiger partial charge < -0.3 is 10.6 Å². The van der Waals surface area contributed by atoms with Crippen LogP contribution in [-0.2, 0) is 4.79 Å². The van der Waals surface area contributed by atoms with Crippen molar-refractivity contribution in [3.05, 3.63) is 89.5 Å². The summed E-state index contributed by atoms with van der Waals surface area (Å²) in [6.45, 7) is 1.26. The van der Waals surface area contributed by atoms with Crippen LogP contribution in [0.4, 0.5) is 14.6 Å². The molecule has 0 aliphatic heterocycles. The van der Waals surface area contributed by atoms with Crippen LogP contribution in [0.5, 0.6) is 0 Å². The van der Waals surface area contributed by atoms with E-state index in [0.717, 1.165) is 6.07 Å². The van der Waals surface area contributed by atoms with Crippen LogP contribution in [0.2, 0.25) is 0 Å². The van der Waals surface area contributed by atoms with Gasteiger partial charge in [-0.1, -0.05) is 12.1 Å². The van der Waals surface area contributed by atoms with Crippen molar-refractivity contribution in [2.75, 3.05) is 5.32 Å². The van der Waals surface area contributed by atoms with Gasteiger partial charge in [-0.2, -0.15) is 9.49 Å². The molecule has 2 N–H and O–H groups in total. The van der Waals surface area contributed by atoms with Crippen LogP contribution in [0.1, 0.15) is 39.4 Å². The number of benzene rings is 1. The van der Waals surface area contributed by atoms with Crippen LogP contribution < -0.4 is 10.6 Å². The topological polar surface area (TPSA) is 118 Å². The van der Waals surface area contributed by atoms with E-state index in [1.54, 1.807) is 0 Å². The van der Waals surface area contributed by atoms with Gasteiger partial charge in [0.15, 0.2) is 11.5 Å². The van der Waals surface area contributed by atoms with Gasteiger partial charge in [0.1, 0.15) is 17.6 Å². The summed E-state index contributed by atoms with van der Waals surface area (Å²) >= 11 is 0. The Bertz CT molecular complexity index is 1370. The quantitative estimate of drug-likeness (QED) is 0.345. The van der Waals surface area contributed by atoms with Gasteiger partial charge in [0.05, 0.1) is 6.20 Å². The number of pyridine rings is 1. The van der Waals surface area contributed by atoms with Crippen molar-refractivity contribution in [2.45, 2.75) is 13.0 Å². The first kappa shape index (κ1) is 21.7. The number of aromatic nitrogens is 4. The number of ketones is 1. The Morgan fingerprint density at radius 3 is 2.48 bits per heavy atom. The molecule has 0 aliphatic carbocycles. The standard InChI is InChI=1S/C22H16F2N6O3/c1-12(31)26-20(13-2-4-15(23)5-3-13)21(32)16-6-7-19-27-18(11-30(19)29-16)28-22(33)14-8-9-25-17(24)10-14/h2-11,20H,1H3,(H,26,31)(H,28,33). The summed E-state index contributed by atoms with van der Waals surface area (Å²) in [7, 11) is 0. The third kappa shape index (κ3) is 4.87. The van der Waals surface area contributed by atoms with E-state index in [0.29, 0.717) is 11.2 Å². The molecule has 0 saturated carbocycles. The molecule has 1 unspecified atom stereocenters. The number of rotatable bonds is 6. The predicted molar refractivity (Wildman–Crippen MR) is 112 cm³/mol. The number of fused-ring (bicyclic) bond motifs is 1. The Morgan fingerprint density at radius 1 is 1.03 bits per heavy atom. The molecule has 0 saturated heterocycles. The zero-order chi connectivity index (χ0) is 23.5. The highest BCUT2D eigenvalue weighted by Gasteiger charge is 2.25. The molecule has 166 valence electrons. The Kier molecular flexibility index (Phi) is 5.85. The van der Waals surface area contributed by atoms with Gasteiger partial charge in [-0.15, -0.1) is 0 Å². The van der Waals surface area contributed by atoms with Gasteiger partial charge in [0.25, 0.3) is 5.91 Å². The van der Waals surface area contributed by atoms with E-state index in [2.05, 4.69) is 25.7 Å². The largest absolute Gasteiger partial charge is 0.342 e. The highest BCUT2D eigenvalue weighted by Crippen LogP contribution is 2.19. The van der Waals surface area contributed by atoms with Crippen molar-refractivity contribution in [1.82, 2.24) is 24.9 Å². The van der Waals surface area contributed by atoms with E-state index in [1.165, 1.54) is 66.3 Å². The molecule has 9 nitrogen and oxygen atoms in total. The molecule has 1 aromatic carbocycles. The van der Waals surface area contributed by atoms with Gasteiger partial charge in [0, 0.05) is 24.8 Å². The van der Waals surface area contributed by atoms with E-state index in [1.807, 2.05) is 0 Å². The summed E-state index contributed by atoms with van der Waals surface area (Å²) in [6.07, 6.45) is 2.55. The maximum Gasteiger partial charge on any atom is 0.257 e. The smallest absolute Gasteiger partial charge is 0.257 e.